The van der Waals surface area contributed by atoms with Gasteiger partial charge in [0.15, 0.2) is 0 Å². The van der Waals surface area contributed by atoms with Crippen LogP contribution in [0.15, 0.2) is 97.3 Å². The number of aromatic nitrogens is 1. The number of pyridine rings is 1. The molecule has 6 nitrogen and oxygen atoms in total. The molecule has 1 N–H and O–H groups in total. The Balaban J connectivity index is 1.56. The average Bonchev–Trinajstić information content (AvgIpc) is 2.92. The Bertz CT molecular complexity index is 1320. The van der Waals surface area contributed by atoms with Crippen molar-refractivity contribution in [3.05, 3.63) is 125 Å². The van der Waals surface area contributed by atoms with Crippen LogP contribution >= 0.6 is 0 Å². The van der Waals surface area contributed by atoms with Crippen LogP contribution in [0.2, 0.25) is 0 Å². The largest absolute Gasteiger partial charge is 0.497 e. The van der Waals surface area contributed by atoms with Crippen LogP contribution in [-0.4, -0.2) is 23.9 Å². The molecule has 4 rings (SSSR count). The lowest BCUT2D eigenvalue weighted by Gasteiger charge is -2.24. The summed E-state index contributed by atoms with van der Waals surface area (Å²) in [6.45, 7) is 2.85. The SMILES string of the molecule is COc1cccc(C(=O)N(Cc2ccc(C)cc2)c2cccc(CC(=O)NCc3cccnc3)c2)c1. The second-order valence-electron chi connectivity index (χ2n) is 8.59. The zero-order valence-electron chi connectivity index (χ0n) is 20.5. The average molecular weight is 480 g/mol. The Morgan fingerprint density at radius 1 is 0.889 bits per heavy atom. The predicted octanol–water partition coefficient (Wildman–Crippen LogP) is 5.10. The van der Waals surface area contributed by atoms with Gasteiger partial charge in [0.05, 0.1) is 20.1 Å². The Labute approximate surface area is 211 Å². The first-order valence-corrected chi connectivity index (χ1v) is 11.8. The number of methoxy groups -OCH3 is 1. The van der Waals surface area contributed by atoms with E-state index in [9.17, 15) is 9.59 Å². The lowest BCUT2D eigenvalue weighted by Crippen LogP contribution is -2.30. The molecule has 182 valence electrons. The second kappa shape index (κ2) is 11.8. The molecule has 0 aliphatic carbocycles. The van der Waals surface area contributed by atoms with E-state index >= 15 is 0 Å². The van der Waals surface area contributed by atoms with E-state index in [1.807, 2.05) is 73.7 Å². The first kappa shape index (κ1) is 24.7. The van der Waals surface area contributed by atoms with Crippen molar-refractivity contribution in [1.82, 2.24) is 10.3 Å². The minimum atomic E-state index is -0.146. The van der Waals surface area contributed by atoms with Crippen LogP contribution in [0.3, 0.4) is 0 Å². The van der Waals surface area contributed by atoms with Crippen molar-refractivity contribution in [2.24, 2.45) is 0 Å². The molecule has 0 aliphatic rings. The van der Waals surface area contributed by atoms with Crippen LogP contribution in [0, 0.1) is 6.92 Å². The summed E-state index contributed by atoms with van der Waals surface area (Å²) >= 11 is 0. The molecule has 1 heterocycles. The minimum Gasteiger partial charge on any atom is -0.497 e. The molecule has 36 heavy (non-hydrogen) atoms. The maximum atomic E-state index is 13.7. The Morgan fingerprint density at radius 2 is 1.67 bits per heavy atom. The molecule has 6 heteroatoms. The van der Waals surface area contributed by atoms with Crippen molar-refractivity contribution in [2.45, 2.75) is 26.4 Å². The second-order valence-corrected chi connectivity index (χ2v) is 8.59. The van der Waals surface area contributed by atoms with Crippen LogP contribution in [-0.2, 0) is 24.3 Å². The number of hydrogen-bond acceptors (Lipinski definition) is 4. The highest BCUT2D eigenvalue weighted by Gasteiger charge is 2.20. The standard InChI is InChI=1S/C30H29N3O3/c1-22-11-13-23(14-12-22)21-33(30(35)26-8-4-10-28(18-26)36-2)27-9-3-6-24(16-27)17-29(34)32-20-25-7-5-15-31-19-25/h3-16,18-19H,17,20-21H2,1-2H3,(H,32,34). The molecule has 1 aromatic heterocycles. The van der Waals surface area contributed by atoms with Gasteiger partial charge in [0.25, 0.3) is 5.91 Å². The molecule has 2 amide bonds. The smallest absolute Gasteiger partial charge is 0.258 e. The van der Waals surface area contributed by atoms with E-state index in [0.29, 0.717) is 24.4 Å². The number of aryl methyl sites for hydroxylation is 1. The molecule has 0 fully saturated rings. The van der Waals surface area contributed by atoms with Crippen LogP contribution in [0.25, 0.3) is 0 Å². The fraction of sp³-hybridized carbons (Fsp3) is 0.167. The maximum absolute atomic E-state index is 13.7. The molecule has 3 aromatic carbocycles. The summed E-state index contributed by atoms with van der Waals surface area (Å²) < 4.78 is 5.32. The van der Waals surface area contributed by atoms with Gasteiger partial charge in [0.1, 0.15) is 5.75 Å². The van der Waals surface area contributed by atoms with E-state index in [-0.39, 0.29) is 18.2 Å². The maximum Gasteiger partial charge on any atom is 0.258 e. The summed E-state index contributed by atoms with van der Waals surface area (Å²) in [7, 11) is 1.58. The molecule has 0 bridgehead atoms. The van der Waals surface area contributed by atoms with E-state index in [4.69, 9.17) is 4.74 Å². The summed E-state index contributed by atoms with van der Waals surface area (Å²) in [5.41, 5.74) is 5.18. The van der Waals surface area contributed by atoms with E-state index in [1.165, 1.54) is 0 Å². The van der Waals surface area contributed by atoms with Gasteiger partial charge in [0, 0.05) is 30.2 Å². The molecular formula is C30H29N3O3. The van der Waals surface area contributed by atoms with Crippen molar-refractivity contribution >= 4 is 17.5 Å². The molecule has 0 spiro atoms. The van der Waals surface area contributed by atoms with Crippen molar-refractivity contribution < 1.29 is 14.3 Å². The van der Waals surface area contributed by atoms with Gasteiger partial charge in [-0.05, 0) is 60.0 Å². The quantitative estimate of drug-likeness (QED) is 0.362. The van der Waals surface area contributed by atoms with Crippen molar-refractivity contribution in [1.29, 1.82) is 0 Å². The zero-order valence-corrected chi connectivity index (χ0v) is 20.5. The van der Waals surface area contributed by atoms with Gasteiger partial charge >= 0.3 is 0 Å². The van der Waals surface area contributed by atoms with Crippen LogP contribution in [0.4, 0.5) is 5.69 Å². The van der Waals surface area contributed by atoms with E-state index in [0.717, 1.165) is 27.9 Å². The summed E-state index contributed by atoms with van der Waals surface area (Å²) in [5, 5.41) is 2.93. The highest BCUT2D eigenvalue weighted by molar-refractivity contribution is 6.06. The number of benzene rings is 3. The zero-order chi connectivity index (χ0) is 25.3. The van der Waals surface area contributed by atoms with Gasteiger partial charge in [-0.3, -0.25) is 14.6 Å². The molecule has 4 aromatic rings. The first-order chi connectivity index (χ1) is 17.5. The van der Waals surface area contributed by atoms with Gasteiger partial charge in [-0.1, -0.05) is 54.1 Å². The third-order valence-electron chi connectivity index (χ3n) is 5.82. The fourth-order valence-corrected chi connectivity index (χ4v) is 3.85. The number of amides is 2. The summed E-state index contributed by atoms with van der Waals surface area (Å²) in [6.07, 6.45) is 3.64. The van der Waals surface area contributed by atoms with Gasteiger partial charge in [-0.25, -0.2) is 0 Å². The first-order valence-electron chi connectivity index (χ1n) is 11.8. The van der Waals surface area contributed by atoms with Crippen molar-refractivity contribution in [2.75, 3.05) is 12.0 Å². The Hall–Kier alpha value is -4.45. The summed E-state index contributed by atoms with van der Waals surface area (Å²) in [4.78, 5) is 32.1. The lowest BCUT2D eigenvalue weighted by atomic mass is 10.1. The molecule has 0 unspecified atom stereocenters. The van der Waals surface area contributed by atoms with E-state index < -0.39 is 0 Å². The number of hydrogen-bond donors (Lipinski definition) is 1. The topological polar surface area (TPSA) is 71.5 Å². The molecule has 0 saturated heterocycles. The number of ether oxygens (including phenoxy) is 1. The monoisotopic (exact) mass is 479 g/mol. The highest BCUT2D eigenvalue weighted by atomic mass is 16.5. The number of nitrogens with zero attached hydrogens (tertiary/aromatic N) is 2. The molecule has 0 radical (unpaired) electrons. The minimum absolute atomic E-state index is 0.0970. The molecular weight excluding hydrogens is 450 g/mol. The Kier molecular flexibility index (Phi) is 8.08. The summed E-state index contributed by atoms with van der Waals surface area (Å²) in [6, 6.07) is 26.6. The number of rotatable bonds is 9. The Morgan fingerprint density at radius 3 is 2.42 bits per heavy atom. The van der Waals surface area contributed by atoms with Crippen LogP contribution in [0.5, 0.6) is 5.75 Å². The van der Waals surface area contributed by atoms with Gasteiger partial charge < -0.3 is 15.0 Å². The number of nitrogens with one attached hydrogen (secondary N) is 1. The van der Waals surface area contributed by atoms with Crippen LogP contribution < -0.4 is 15.0 Å². The fourth-order valence-electron chi connectivity index (χ4n) is 3.85. The normalized spacial score (nSPS) is 10.5. The van der Waals surface area contributed by atoms with E-state index in [1.54, 1.807) is 42.6 Å². The summed E-state index contributed by atoms with van der Waals surface area (Å²) in [5.74, 6) is 0.378. The van der Waals surface area contributed by atoms with E-state index in [2.05, 4.69) is 10.3 Å². The van der Waals surface area contributed by atoms with Gasteiger partial charge in [-0.2, -0.15) is 0 Å². The molecule has 0 atom stereocenters. The number of carbonyl (C=O) groups excluding carboxylic acids is 2. The van der Waals surface area contributed by atoms with Crippen LogP contribution in [0.1, 0.15) is 32.6 Å². The molecule has 0 saturated carbocycles. The number of anilines is 1. The number of carbonyl (C=O) groups is 2. The van der Waals surface area contributed by atoms with Gasteiger partial charge in [0.2, 0.25) is 5.91 Å². The molecule has 0 aliphatic heterocycles. The highest BCUT2D eigenvalue weighted by Crippen LogP contribution is 2.24. The predicted molar refractivity (Wildman–Crippen MR) is 141 cm³/mol. The van der Waals surface area contributed by atoms with Crippen molar-refractivity contribution in [3.63, 3.8) is 0 Å². The third kappa shape index (κ3) is 6.57. The third-order valence-corrected chi connectivity index (χ3v) is 5.82. The van der Waals surface area contributed by atoms with Gasteiger partial charge in [-0.15, -0.1) is 0 Å². The lowest BCUT2D eigenvalue weighted by molar-refractivity contribution is -0.120. The van der Waals surface area contributed by atoms with Crippen molar-refractivity contribution in [3.8, 4) is 5.75 Å².